The lowest BCUT2D eigenvalue weighted by molar-refractivity contribution is 0.267. The van der Waals surface area contributed by atoms with Crippen LogP contribution < -0.4 is 0 Å². The fourth-order valence-corrected chi connectivity index (χ4v) is 0.636. The molecule has 0 radical (unpaired) electrons. The summed E-state index contributed by atoms with van der Waals surface area (Å²) in [5.74, 6) is 0.837. The molecule has 0 spiro atoms. The second-order valence-electron chi connectivity index (χ2n) is 1.75. The number of aliphatic hydroxyl groups excluding tert-OH is 1. The van der Waals surface area contributed by atoms with Gasteiger partial charge in [0.15, 0.2) is 0 Å². The van der Waals surface area contributed by atoms with Crippen molar-refractivity contribution in [1.29, 1.82) is 0 Å². The molecule has 4 nitrogen and oxygen atoms in total. The Bertz CT molecular complexity index is 184. The highest BCUT2D eigenvalue weighted by Crippen LogP contribution is 1.87. The summed E-state index contributed by atoms with van der Waals surface area (Å²) >= 11 is 0. The summed E-state index contributed by atoms with van der Waals surface area (Å²) in [7, 11) is 0. The Kier molecular flexibility index (Phi) is 1.79. The van der Waals surface area contributed by atoms with E-state index in [-0.39, 0.29) is 6.61 Å². The van der Waals surface area contributed by atoms with Crippen LogP contribution in [0.1, 0.15) is 5.82 Å². The van der Waals surface area contributed by atoms with Crippen LogP contribution in [0.25, 0.3) is 0 Å². The van der Waals surface area contributed by atoms with Crippen molar-refractivity contribution in [3.05, 3.63) is 12.2 Å². The van der Waals surface area contributed by atoms with Gasteiger partial charge in [0.2, 0.25) is 0 Å². The molecular weight excluding hydrogens is 118 g/mol. The lowest BCUT2D eigenvalue weighted by Gasteiger charge is -1.96. The third-order valence-corrected chi connectivity index (χ3v) is 1.12. The maximum atomic E-state index is 8.47. The third-order valence-electron chi connectivity index (χ3n) is 1.12. The second-order valence-corrected chi connectivity index (χ2v) is 1.75. The van der Waals surface area contributed by atoms with Crippen molar-refractivity contribution >= 4 is 0 Å². The lowest BCUT2D eigenvalue weighted by Crippen LogP contribution is -2.05. The van der Waals surface area contributed by atoms with Crippen LogP contribution in [0.3, 0.4) is 0 Å². The number of aliphatic hydroxyl groups is 1. The van der Waals surface area contributed by atoms with Gasteiger partial charge >= 0.3 is 0 Å². The van der Waals surface area contributed by atoms with E-state index >= 15 is 0 Å². The molecule has 0 unspecified atom stereocenters. The van der Waals surface area contributed by atoms with Crippen molar-refractivity contribution in [2.45, 2.75) is 13.5 Å². The lowest BCUT2D eigenvalue weighted by atomic mass is 10.6. The van der Waals surface area contributed by atoms with Crippen molar-refractivity contribution in [1.82, 2.24) is 14.8 Å². The molecule has 1 aromatic rings. The van der Waals surface area contributed by atoms with Gasteiger partial charge in [-0.1, -0.05) is 0 Å². The zero-order chi connectivity index (χ0) is 6.69. The van der Waals surface area contributed by atoms with E-state index in [0.717, 1.165) is 5.82 Å². The Morgan fingerprint density at radius 3 is 3.00 bits per heavy atom. The topological polar surface area (TPSA) is 50.9 Å². The van der Waals surface area contributed by atoms with Gasteiger partial charge in [0.1, 0.15) is 12.2 Å². The quantitative estimate of drug-likeness (QED) is 0.587. The molecule has 0 aliphatic rings. The van der Waals surface area contributed by atoms with E-state index in [1.807, 2.05) is 6.92 Å². The Labute approximate surface area is 53.1 Å². The summed E-state index contributed by atoms with van der Waals surface area (Å²) in [4.78, 5) is 3.88. The molecule has 1 heterocycles. The van der Waals surface area contributed by atoms with Crippen LogP contribution in [-0.2, 0) is 6.54 Å². The average molecular weight is 127 g/mol. The van der Waals surface area contributed by atoms with Gasteiger partial charge in [0.25, 0.3) is 0 Å². The first-order valence-electron chi connectivity index (χ1n) is 2.80. The molecule has 50 valence electrons. The van der Waals surface area contributed by atoms with Gasteiger partial charge < -0.3 is 5.11 Å². The maximum Gasteiger partial charge on any atom is 0.138 e. The minimum Gasteiger partial charge on any atom is -0.394 e. The van der Waals surface area contributed by atoms with Crippen LogP contribution in [0.2, 0.25) is 0 Å². The van der Waals surface area contributed by atoms with Crippen LogP contribution >= 0.6 is 0 Å². The molecule has 0 aliphatic heterocycles. The number of hydrogen-bond donors (Lipinski definition) is 1. The first-order valence-corrected chi connectivity index (χ1v) is 2.80. The molecule has 0 aromatic carbocycles. The summed E-state index contributed by atoms with van der Waals surface area (Å²) in [5, 5.41) is 12.3. The highest BCUT2D eigenvalue weighted by molar-refractivity contribution is 4.77. The second kappa shape index (κ2) is 2.59. The first-order chi connectivity index (χ1) is 4.34. The van der Waals surface area contributed by atoms with Gasteiger partial charge in [0.05, 0.1) is 13.2 Å². The predicted octanol–water partition coefficient (Wildman–Crippen LogP) is -0.421. The highest BCUT2D eigenvalue weighted by Gasteiger charge is 1.93. The van der Waals surface area contributed by atoms with Crippen LogP contribution in [0.15, 0.2) is 6.33 Å². The van der Waals surface area contributed by atoms with Crippen molar-refractivity contribution < 1.29 is 5.11 Å². The summed E-state index contributed by atoms with van der Waals surface area (Å²) in [5.41, 5.74) is 0. The van der Waals surface area contributed by atoms with Crippen LogP contribution in [-0.4, -0.2) is 26.5 Å². The molecule has 0 saturated carbocycles. The number of aromatic nitrogens is 3. The molecule has 0 amide bonds. The predicted molar refractivity (Wildman–Crippen MR) is 31.8 cm³/mol. The summed E-state index contributed by atoms with van der Waals surface area (Å²) < 4.78 is 1.65. The first kappa shape index (κ1) is 6.22. The molecule has 0 atom stereocenters. The van der Waals surface area contributed by atoms with Crippen LogP contribution in [0, 0.1) is 6.92 Å². The van der Waals surface area contributed by atoms with Crippen molar-refractivity contribution in [2.24, 2.45) is 0 Å². The van der Waals surface area contributed by atoms with Crippen LogP contribution in [0.5, 0.6) is 0 Å². The fraction of sp³-hybridized carbons (Fsp3) is 0.600. The Morgan fingerprint density at radius 1 is 1.78 bits per heavy atom. The number of hydrogen-bond acceptors (Lipinski definition) is 3. The molecule has 9 heavy (non-hydrogen) atoms. The number of rotatable bonds is 2. The van der Waals surface area contributed by atoms with Crippen LogP contribution in [0.4, 0.5) is 0 Å². The molecule has 1 aromatic heterocycles. The van der Waals surface area contributed by atoms with Gasteiger partial charge in [-0.2, -0.15) is 5.10 Å². The summed E-state index contributed by atoms with van der Waals surface area (Å²) in [6.07, 6.45) is 1.48. The molecule has 0 saturated heterocycles. The third kappa shape index (κ3) is 1.26. The maximum absolute atomic E-state index is 8.47. The summed E-state index contributed by atoms with van der Waals surface area (Å²) in [6.45, 7) is 2.50. The Morgan fingerprint density at radius 2 is 2.56 bits per heavy atom. The Hall–Kier alpha value is -0.900. The smallest absolute Gasteiger partial charge is 0.138 e. The van der Waals surface area contributed by atoms with Crippen molar-refractivity contribution in [2.75, 3.05) is 6.61 Å². The molecular formula is C5H9N3O. The van der Waals surface area contributed by atoms with Crippen molar-refractivity contribution in [3.8, 4) is 0 Å². The van der Waals surface area contributed by atoms with E-state index in [4.69, 9.17) is 5.11 Å². The van der Waals surface area contributed by atoms with Crippen molar-refractivity contribution in [3.63, 3.8) is 0 Å². The van der Waals surface area contributed by atoms with E-state index in [9.17, 15) is 0 Å². The number of aryl methyl sites for hydroxylation is 1. The van der Waals surface area contributed by atoms with E-state index < -0.39 is 0 Å². The van der Waals surface area contributed by atoms with E-state index in [2.05, 4.69) is 10.1 Å². The largest absolute Gasteiger partial charge is 0.394 e. The van der Waals surface area contributed by atoms with E-state index in [0.29, 0.717) is 6.54 Å². The molecule has 0 aliphatic carbocycles. The molecule has 0 bridgehead atoms. The monoisotopic (exact) mass is 127 g/mol. The molecule has 1 rings (SSSR count). The normalized spacial score (nSPS) is 10.0. The zero-order valence-electron chi connectivity index (χ0n) is 5.28. The molecule has 1 N–H and O–H groups in total. The number of nitrogens with zero attached hydrogens (tertiary/aromatic N) is 3. The molecule has 4 heteroatoms. The average Bonchev–Trinajstić information content (AvgIpc) is 2.18. The molecule has 0 fully saturated rings. The van der Waals surface area contributed by atoms with Gasteiger partial charge in [0, 0.05) is 0 Å². The van der Waals surface area contributed by atoms with Gasteiger partial charge in [-0.15, -0.1) is 0 Å². The highest BCUT2D eigenvalue weighted by atomic mass is 16.3. The fourth-order valence-electron chi connectivity index (χ4n) is 0.636. The SMILES string of the molecule is Cc1ncnn1CCO. The van der Waals surface area contributed by atoms with Gasteiger partial charge in [-0.05, 0) is 6.92 Å². The minimum atomic E-state index is 0.115. The van der Waals surface area contributed by atoms with E-state index in [1.165, 1.54) is 6.33 Å². The summed E-state index contributed by atoms with van der Waals surface area (Å²) in [6, 6.07) is 0. The van der Waals surface area contributed by atoms with Gasteiger partial charge in [-0.3, -0.25) is 0 Å². The zero-order valence-corrected chi connectivity index (χ0v) is 5.28. The Balaban J connectivity index is 2.69. The van der Waals surface area contributed by atoms with Gasteiger partial charge in [-0.25, -0.2) is 9.67 Å². The standard InChI is InChI=1S/C5H9N3O/c1-5-6-4-7-8(5)2-3-9/h4,9H,2-3H2,1H3. The minimum absolute atomic E-state index is 0.115. The van der Waals surface area contributed by atoms with E-state index in [1.54, 1.807) is 4.68 Å².